The summed E-state index contributed by atoms with van der Waals surface area (Å²) < 4.78 is 43.2. The second-order valence-corrected chi connectivity index (χ2v) is 5.74. The summed E-state index contributed by atoms with van der Waals surface area (Å²) in [6, 6.07) is -0.243. The zero-order valence-corrected chi connectivity index (χ0v) is 11.6. The van der Waals surface area contributed by atoms with E-state index in [1.54, 1.807) is 0 Å². The number of hydrogen-bond donors (Lipinski definition) is 1. The number of nitrogens with one attached hydrogen (secondary N) is 1. The van der Waals surface area contributed by atoms with Gasteiger partial charge in [-0.2, -0.15) is 13.2 Å². The number of ether oxygens (including phenoxy) is 1. The van der Waals surface area contributed by atoms with Crippen molar-refractivity contribution >= 4 is 5.91 Å². The fourth-order valence-electron chi connectivity index (χ4n) is 2.85. The van der Waals surface area contributed by atoms with Crippen molar-refractivity contribution in [3.8, 4) is 0 Å². The van der Waals surface area contributed by atoms with Gasteiger partial charge < -0.3 is 15.0 Å². The third-order valence-electron chi connectivity index (χ3n) is 4.03. The minimum absolute atomic E-state index is 0.189. The zero-order chi connectivity index (χ0) is 14.8. The van der Waals surface area contributed by atoms with Crippen molar-refractivity contribution in [2.24, 2.45) is 5.41 Å². The first kappa shape index (κ1) is 15.6. The molecule has 2 rings (SSSR count). The molecule has 1 saturated carbocycles. The van der Waals surface area contributed by atoms with Gasteiger partial charge in [-0.05, 0) is 38.8 Å². The number of carbonyl (C=O) groups excluding carboxylic acids is 1. The average molecular weight is 294 g/mol. The molecule has 116 valence electrons. The van der Waals surface area contributed by atoms with E-state index in [2.05, 4.69) is 5.32 Å². The molecule has 1 aliphatic carbocycles. The molecule has 2 fully saturated rings. The van der Waals surface area contributed by atoms with Crippen molar-refractivity contribution < 1.29 is 22.7 Å². The number of rotatable bonds is 5. The lowest BCUT2D eigenvalue weighted by molar-refractivity contribution is -0.172. The Balaban J connectivity index is 2.15. The molecular formula is C13H21F3N2O2. The third-order valence-corrected chi connectivity index (χ3v) is 4.03. The van der Waals surface area contributed by atoms with Crippen LogP contribution in [0.5, 0.6) is 0 Å². The summed E-state index contributed by atoms with van der Waals surface area (Å²) in [6.45, 7) is 0.323. The standard InChI is InChI=1S/C13H21F3N2O2/c1-20-9-12(4-6-17-7-5-12)11(19)18(10-2-3-10)8-13(14,15)16/h10,17H,2-9H2,1H3. The van der Waals surface area contributed by atoms with Crippen LogP contribution in [0.25, 0.3) is 0 Å². The van der Waals surface area contributed by atoms with Gasteiger partial charge in [-0.1, -0.05) is 0 Å². The predicted molar refractivity (Wildman–Crippen MR) is 67.2 cm³/mol. The van der Waals surface area contributed by atoms with E-state index in [0.717, 1.165) is 4.90 Å². The molecule has 0 spiro atoms. The lowest BCUT2D eigenvalue weighted by Crippen LogP contribution is -2.54. The first-order chi connectivity index (χ1) is 9.38. The largest absolute Gasteiger partial charge is 0.406 e. The van der Waals surface area contributed by atoms with Crippen LogP contribution < -0.4 is 5.32 Å². The maximum absolute atomic E-state index is 12.7. The van der Waals surface area contributed by atoms with Crippen molar-refractivity contribution in [3.63, 3.8) is 0 Å². The number of methoxy groups -OCH3 is 1. The maximum atomic E-state index is 12.7. The highest BCUT2D eigenvalue weighted by atomic mass is 19.4. The highest BCUT2D eigenvalue weighted by Crippen LogP contribution is 2.38. The fourth-order valence-corrected chi connectivity index (χ4v) is 2.85. The van der Waals surface area contributed by atoms with Gasteiger partial charge in [0.05, 0.1) is 12.0 Å². The van der Waals surface area contributed by atoms with Crippen LogP contribution in [0.3, 0.4) is 0 Å². The Kier molecular flexibility index (Phi) is 4.59. The summed E-state index contributed by atoms with van der Waals surface area (Å²) in [6.07, 6.45) is -1.95. The Morgan fingerprint density at radius 3 is 2.40 bits per heavy atom. The van der Waals surface area contributed by atoms with Gasteiger partial charge in [-0.15, -0.1) is 0 Å². The van der Waals surface area contributed by atoms with Crippen LogP contribution in [0, 0.1) is 5.41 Å². The van der Waals surface area contributed by atoms with E-state index in [1.807, 2.05) is 0 Å². The molecule has 0 bridgehead atoms. The van der Waals surface area contributed by atoms with E-state index < -0.39 is 18.1 Å². The quantitative estimate of drug-likeness (QED) is 0.836. The number of nitrogens with zero attached hydrogens (tertiary/aromatic N) is 1. The van der Waals surface area contributed by atoms with Crippen molar-refractivity contribution in [2.75, 3.05) is 33.4 Å². The number of halogens is 3. The van der Waals surface area contributed by atoms with E-state index in [4.69, 9.17) is 4.74 Å². The van der Waals surface area contributed by atoms with Gasteiger partial charge in [-0.3, -0.25) is 4.79 Å². The number of amides is 1. The van der Waals surface area contributed by atoms with Gasteiger partial charge in [0.2, 0.25) is 5.91 Å². The van der Waals surface area contributed by atoms with Crippen LogP contribution in [-0.2, 0) is 9.53 Å². The molecule has 0 unspecified atom stereocenters. The topological polar surface area (TPSA) is 41.6 Å². The molecule has 4 nitrogen and oxygen atoms in total. The van der Waals surface area contributed by atoms with Crippen molar-refractivity contribution in [3.05, 3.63) is 0 Å². The van der Waals surface area contributed by atoms with Gasteiger partial charge >= 0.3 is 6.18 Å². The van der Waals surface area contributed by atoms with Crippen LogP contribution in [0.2, 0.25) is 0 Å². The molecular weight excluding hydrogens is 273 g/mol. The SMILES string of the molecule is COCC1(C(=O)N(CC(F)(F)F)C2CC2)CCNCC1. The monoisotopic (exact) mass is 294 g/mol. The third kappa shape index (κ3) is 3.63. The minimum atomic E-state index is -4.35. The number of alkyl halides is 3. The fraction of sp³-hybridized carbons (Fsp3) is 0.923. The number of carbonyl (C=O) groups is 1. The predicted octanol–water partition coefficient (Wildman–Crippen LogP) is 1.56. The maximum Gasteiger partial charge on any atom is 0.406 e. The molecule has 1 amide bonds. The van der Waals surface area contributed by atoms with Gasteiger partial charge in [0.15, 0.2) is 0 Å². The van der Waals surface area contributed by atoms with Gasteiger partial charge in [0.25, 0.3) is 0 Å². The molecule has 20 heavy (non-hydrogen) atoms. The smallest absolute Gasteiger partial charge is 0.384 e. The highest BCUT2D eigenvalue weighted by molar-refractivity contribution is 5.83. The summed E-state index contributed by atoms with van der Waals surface area (Å²) in [4.78, 5) is 13.7. The molecule has 1 saturated heterocycles. The Bertz CT molecular complexity index is 345. The first-order valence-electron chi connectivity index (χ1n) is 6.95. The minimum Gasteiger partial charge on any atom is -0.384 e. The molecule has 0 atom stereocenters. The van der Waals surface area contributed by atoms with Gasteiger partial charge in [-0.25, -0.2) is 0 Å². The summed E-state index contributed by atoms with van der Waals surface area (Å²) in [7, 11) is 1.49. The molecule has 1 heterocycles. The van der Waals surface area contributed by atoms with Crippen LogP contribution >= 0.6 is 0 Å². The first-order valence-corrected chi connectivity index (χ1v) is 6.95. The summed E-state index contributed by atoms with van der Waals surface area (Å²) in [5, 5.41) is 3.14. The van der Waals surface area contributed by atoms with Crippen molar-refractivity contribution in [1.82, 2.24) is 10.2 Å². The molecule has 0 aromatic heterocycles. The van der Waals surface area contributed by atoms with E-state index in [1.165, 1.54) is 7.11 Å². The summed E-state index contributed by atoms with van der Waals surface area (Å²) >= 11 is 0. The van der Waals surface area contributed by atoms with Gasteiger partial charge in [0.1, 0.15) is 6.54 Å². The Hall–Kier alpha value is -0.820. The number of hydrogen-bond acceptors (Lipinski definition) is 3. The van der Waals surface area contributed by atoms with Gasteiger partial charge in [0, 0.05) is 13.2 Å². The molecule has 0 radical (unpaired) electrons. The van der Waals surface area contributed by atoms with E-state index in [-0.39, 0.29) is 18.6 Å². The lowest BCUT2D eigenvalue weighted by Gasteiger charge is -2.40. The second kappa shape index (κ2) is 5.89. The van der Waals surface area contributed by atoms with Crippen LogP contribution in [0.1, 0.15) is 25.7 Å². The molecule has 1 N–H and O–H groups in total. The molecule has 1 aliphatic heterocycles. The Morgan fingerprint density at radius 1 is 1.35 bits per heavy atom. The average Bonchev–Trinajstić information content (AvgIpc) is 3.20. The lowest BCUT2D eigenvalue weighted by atomic mass is 9.78. The second-order valence-electron chi connectivity index (χ2n) is 5.74. The van der Waals surface area contributed by atoms with Crippen LogP contribution in [0.4, 0.5) is 13.2 Å². The summed E-state index contributed by atoms with van der Waals surface area (Å²) in [5.41, 5.74) is -0.798. The van der Waals surface area contributed by atoms with E-state index in [0.29, 0.717) is 38.8 Å². The summed E-state index contributed by atoms with van der Waals surface area (Å²) in [5.74, 6) is -0.388. The zero-order valence-electron chi connectivity index (χ0n) is 11.6. The Labute approximate surface area is 116 Å². The van der Waals surface area contributed by atoms with Crippen molar-refractivity contribution in [2.45, 2.75) is 37.9 Å². The Morgan fingerprint density at radius 2 is 1.95 bits per heavy atom. The highest BCUT2D eigenvalue weighted by Gasteiger charge is 2.48. The van der Waals surface area contributed by atoms with E-state index in [9.17, 15) is 18.0 Å². The number of piperidine rings is 1. The molecule has 7 heteroatoms. The molecule has 0 aromatic carbocycles. The normalized spacial score (nSPS) is 22.6. The molecule has 2 aliphatic rings. The van der Waals surface area contributed by atoms with Crippen molar-refractivity contribution in [1.29, 1.82) is 0 Å². The van der Waals surface area contributed by atoms with E-state index >= 15 is 0 Å². The van der Waals surface area contributed by atoms with Crippen LogP contribution in [-0.4, -0.2) is 56.4 Å². The molecule has 0 aromatic rings. The van der Waals surface area contributed by atoms with Crippen LogP contribution in [0.15, 0.2) is 0 Å².